The molecule has 7 heteroatoms. The number of aryl methyl sites for hydroxylation is 2. The van der Waals surface area contributed by atoms with Crippen LogP contribution in [-0.4, -0.2) is 20.0 Å². The predicted octanol–water partition coefficient (Wildman–Crippen LogP) is 4.65. The minimum absolute atomic E-state index is 0.0485. The van der Waals surface area contributed by atoms with Crippen molar-refractivity contribution in [2.24, 2.45) is 28.8 Å². The summed E-state index contributed by atoms with van der Waals surface area (Å²) in [5, 5.41) is 4.53. The second kappa shape index (κ2) is 8.03. The lowest BCUT2D eigenvalue weighted by Crippen LogP contribution is -2.46. The fraction of sp³-hybridized carbons (Fsp3) is 0.440. The molecule has 2 aromatic rings. The number of nitrogens with one attached hydrogen (secondary N) is 2. The zero-order chi connectivity index (χ0) is 22.5. The lowest BCUT2D eigenvalue weighted by molar-refractivity contribution is 0.0942. The molecule has 0 heterocycles. The smallest absolute Gasteiger partial charge is 0.271 e. The van der Waals surface area contributed by atoms with Crippen LogP contribution in [0.5, 0.6) is 0 Å². The molecule has 0 aromatic heterocycles. The quantitative estimate of drug-likeness (QED) is 0.649. The monoisotopic (exact) mass is 451 g/mol. The van der Waals surface area contributed by atoms with E-state index < -0.39 is 10.0 Å². The van der Waals surface area contributed by atoms with Gasteiger partial charge in [-0.2, -0.15) is 5.10 Å². The molecular formula is C25H29N3O3S. The van der Waals surface area contributed by atoms with E-state index in [4.69, 9.17) is 0 Å². The van der Waals surface area contributed by atoms with E-state index in [1.165, 1.54) is 44.2 Å². The maximum atomic E-state index is 12.9. The molecule has 2 N–H and O–H groups in total. The van der Waals surface area contributed by atoms with Crippen LogP contribution in [0.15, 0.2) is 52.5 Å². The van der Waals surface area contributed by atoms with Gasteiger partial charge in [-0.15, -0.1) is 0 Å². The van der Waals surface area contributed by atoms with Gasteiger partial charge in [-0.25, -0.2) is 13.8 Å². The van der Waals surface area contributed by atoms with Crippen molar-refractivity contribution in [3.8, 4) is 0 Å². The normalized spacial score (nSPS) is 26.1. The van der Waals surface area contributed by atoms with Gasteiger partial charge in [-0.05, 0) is 99.5 Å². The topological polar surface area (TPSA) is 87.6 Å². The summed E-state index contributed by atoms with van der Waals surface area (Å²) >= 11 is 0. The fourth-order valence-corrected chi connectivity index (χ4v) is 7.14. The number of sulfonamides is 1. The lowest BCUT2D eigenvalue weighted by Gasteiger charge is -2.50. The average molecular weight is 452 g/mol. The van der Waals surface area contributed by atoms with Crippen molar-refractivity contribution >= 4 is 27.3 Å². The average Bonchev–Trinajstić information content (AvgIpc) is 2.75. The van der Waals surface area contributed by atoms with Gasteiger partial charge in [-0.3, -0.25) is 9.52 Å². The molecule has 1 amide bonds. The number of amides is 1. The van der Waals surface area contributed by atoms with Crippen molar-refractivity contribution in [3.63, 3.8) is 0 Å². The van der Waals surface area contributed by atoms with Gasteiger partial charge in [0.05, 0.1) is 10.6 Å². The van der Waals surface area contributed by atoms with E-state index in [1.807, 2.05) is 26.0 Å². The lowest BCUT2D eigenvalue weighted by atomic mass is 9.55. The highest BCUT2D eigenvalue weighted by molar-refractivity contribution is 7.92. The molecule has 4 bridgehead atoms. The van der Waals surface area contributed by atoms with Gasteiger partial charge in [0.25, 0.3) is 15.9 Å². The Morgan fingerprint density at radius 3 is 2.28 bits per heavy atom. The van der Waals surface area contributed by atoms with Gasteiger partial charge in [0.15, 0.2) is 0 Å². The fourth-order valence-electron chi connectivity index (χ4n) is 5.97. The van der Waals surface area contributed by atoms with Crippen LogP contribution < -0.4 is 10.1 Å². The van der Waals surface area contributed by atoms with Crippen molar-refractivity contribution in [2.75, 3.05) is 4.72 Å². The van der Waals surface area contributed by atoms with Gasteiger partial charge in [-0.1, -0.05) is 23.8 Å². The molecule has 0 unspecified atom stereocenters. The van der Waals surface area contributed by atoms with Crippen LogP contribution in [0.1, 0.15) is 53.6 Å². The van der Waals surface area contributed by atoms with Gasteiger partial charge < -0.3 is 0 Å². The molecule has 168 valence electrons. The molecule has 0 spiro atoms. The molecule has 4 aliphatic rings. The summed E-state index contributed by atoms with van der Waals surface area (Å²) in [6, 6.07) is 11.6. The second-order valence-electron chi connectivity index (χ2n) is 9.73. The Balaban J connectivity index is 1.32. The van der Waals surface area contributed by atoms with E-state index in [2.05, 4.69) is 15.2 Å². The Labute approximate surface area is 189 Å². The first-order valence-corrected chi connectivity index (χ1v) is 12.8. The van der Waals surface area contributed by atoms with Gasteiger partial charge in [0.1, 0.15) is 0 Å². The number of hydrogen-bond donors (Lipinski definition) is 2. The third-order valence-electron chi connectivity index (χ3n) is 7.29. The molecule has 0 atom stereocenters. The predicted molar refractivity (Wildman–Crippen MR) is 125 cm³/mol. The van der Waals surface area contributed by atoms with E-state index in [0.717, 1.165) is 28.7 Å². The van der Waals surface area contributed by atoms with Crippen LogP contribution in [0, 0.1) is 37.5 Å². The van der Waals surface area contributed by atoms with Crippen LogP contribution in [0.2, 0.25) is 0 Å². The van der Waals surface area contributed by atoms with E-state index >= 15 is 0 Å². The van der Waals surface area contributed by atoms with E-state index in [0.29, 0.717) is 17.5 Å². The molecule has 0 saturated heterocycles. The summed E-state index contributed by atoms with van der Waals surface area (Å²) in [4.78, 5) is 12.8. The highest BCUT2D eigenvalue weighted by Gasteiger charge is 2.46. The third kappa shape index (κ3) is 4.06. The molecule has 4 aliphatic carbocycles. The number of hydrazone groups is 1. The third-order valence-corrected chi connectivity index (χ3v) is 8.66. The molecular weight excluding hydrogens is 422 g/mol. The molecule has 4 fully saturated rings. The molecule has 6 rings (SSSR count). The number of nitrogens with zero attached hydrogens (tertiary/aromatic N) is 1. The van der Waals surface area contributed by atoms with Crippen LogP contribution in [-0.2, 0) is 10.0 Å². The van der Waals surface area contributed by atoms with Crippen molar-refractivity contribution in [1.82, 2.24) is 5.43 Å². The number of hydrogen-bond acceptors (Lipinski definition) is 4. The number of anilines is 1. The summed E-state index contributed by atoms with van der Waals surface area (Å²) in [7, 11) is -3.82. The molecule has 0 aliphatic heterocycles. The zero-order valence-electron chi connectivity index (χ0n) is 18.5. The highest BCUT2D eigenvalue weighted by atomic mass is 32.2. The maximum Gasteiger partial charge on any atom is 0.271 e. The van der Waals surface area contributed by atoms with Gasteiger partial charge >= 0.3 is 0 Å². The Morgan fingerprint density at radius 2 is 1.62 bits per heavy atom. The van der Waals surface area contributed by atoms with Crippen LogP contribution in [0.25, 0.3) is 0 Å². The molecule has 0 radical (unpaired) electrons. The largest absolute Gasteiger partial charge is 0.279 e. The van der Waals surface area contributed by atoms with Crippen molar-refractivity contribution < 1.29 is 13.2 Å². The minimum Gasteiger partial charge on any atom is -0.279 e. The Bertz CT molecular complexity index is 1170. The number of rotatable bonds is 5. The van der Waals surface area contributed by atoms with Gasteiger partial charge in [0.2, 0.25) is 0 Å². The Kier molecular flexibility index (Phi) is 5.32. The minimum atomic E-state index is -3.82. The van der Waals surface area contributed by atoms with Crippen molar-refractivity contribution in [1.29, 1.82) is 0 Å². The number of carbonyl (C=O) groups excluding carboxylic acids is 1. The van der Waals surface area contributed by atoms with E-state index in [9.17, 15) is 13.2 Å². The number of benzene rings is 2. The molecule has 6 nitrogen and oxygen atoms in total. The summed E-state index contributed by atoms with van der Waals surface area (Å²) in [6.07, 6.45) is 6.14. The van der Waals surface area contributed by atoms with Crippen LogP contribution >= 0.6 is 0 Å². The maximum absolute atomic E-state index is 12.9. The standard InChI is InChI=1S/C25H29N3O3S/c1-15-6-7-23(16(2)8-15)28-32(30,31)22-5-3-4-19(14-22)25(29)27-26-24-20-10-17-9-18(12-20)13-21(24)11-17/h3-8,14,17-18,20-21,28H,9-13H2,1-2H3,(H,27,29). The summed E-state index contributed by atoms with van der Waals surface area (Å²) in [6.45, 7) is 3.82. The highest BCUT2D eigenvalue weighted by Crippen LogP contribution is 2.52. The van der Waals surface area contributed by atoms with E-state index in [1.54, 1.807) is 18.2 Å². The van der Waals surface area contributed by atoms with Crippen molar-refractivity contribution in [2.45, 2.75) is 50.8 Å². The zero-order valence-corrected chi connectivity index (χ0v) is 19.3. The Hall–Kier alpha value is -2.67. The Morgan fingerprint density at radius 1 is 0.938 bits per heavy atom. The van der Waals surface area contributed by atoms with Crippen LogP contribution in [0.3, 0.4) is 0 Å². The van der Waals surface area contributed by atoms with Gasteiger partial charge in [0, 0.05) is 11.3 Å². The summed E-state index contributed by atoms with van der Waals surface area (Å²) in [5.74, 6) is 2.28. The van der Waals surface area contributed by atoms with Crippen LogP contribution in [0.4, 0.5) is 5.69 Å². The second-order valence-corrected chi connectivity index (χ2v) is 11.4. The summed E-state index contributed by atoms with van der Waals surface area (Å²) < 4.78 is 28.5. The summed E-state index contributed by atoms with van der Waals surface area (Å²) in [5.41, 5.74) is 6.56. The first-order chi connectivity index (χ1) is 15.3. The van der Waals surface area contributed by atoms with E-state index in [-0.39, 0.29) is 16.4 Å². The first kappa shape index (κ1) is 21.2. The number of carbonyl (C=O) groups is 1. The molecule has 2 aromatic carbocycles. The molecule has 4 saturated carbocycles. The first-order valence-electron chi connectivity index (χ1n) is 11.4. The SMILES string of the molecule is Cc1ccc(NS(=O)(=O)c2cccc(C(=O)NN=C3C4CC5CC(C4)CC3C5)c2)c(C)c1. The molecule has 32 heavy (non-hydrogen) atoms. The van der Waals surface area contributed by atoms with Crippen molar-refractivity contribution in [3.05, 3.63) is 59.2 Å².